The molecular formula is C21H23BrF2N3O3PS. The molecule has 0 fully saturated rings. The van der Waals surface area contributed by atoms with Crippen LogP contribution in [-0.2, 0) is 28.4 Å². The van der Waals surface area contributed by atoms with E-state index in [2.05, 4.69) is 59.0 Å². The molecule has 2 N–H and O–H groups in total. The number of nitrogens with zero attached hydrogens (tertiary/aromatic N) is 3. The van der Waals surface area contributed by atoms with Gasteiger partial charge in [0, 0.05) is 28.4 Å². The van der Waals surface area contributed by atoms with Crippen LogP contribution in [0.5, 0.6) is 0 Å². The van der Waals surface area contributed by atoms with Gasteiger partial charge in [-0.05, 0) is 22.6 Å². The van der Waals surface area contributed by atoms with E-state index in [1.807, 2.05) is 23.7 Å². The van der Waals surface area contributed by atoms with E-state index in [0.717, 1.165) is 11.6 Å². The number of rotatable bonds is 6. The Labute approximate surface area is 197 Å². The third-order valence-corrected chi connectivity index (χ3v) is 7.66. The Kier molecular flexibility index (Phi) is 7.04. The van der Waals surface area contributed by atoms with E-state index in [4.69, 9.17) is 9.79 Å². The van der Waals surface area contributed by atoms with Gasteiger partial charge in [0.2, 0.25) is 0 Å². The van der Waals surface area contributed by atoms with Crippen LogP contribution in [0.25, 0.3) is 11.4 Å². The number of alkyl halides is 2. The summed E-state index contributed by atoms with van der Waals surface area (Å²) in [6.45, 7) is 6.45. The second kappa shape index (κ2) is 8.99. The Bertz CT molecular complexity index is 1170. The summed E-state index contributed by atoms with van der Waals surface area (Å²) in [7, 11) is -3.78. The third-order valence-electron chi connectivity index (χ3n) is 4.94. The van der Waals surface area contributed by atoms with Crippen molar-refractivity contribution in [3.05, 3.63) is 63.6 Å². The standard InChI is InChI=1S/C21H23BrF2N3O3PS/c1-20(2,3)15-8-6-14(7-9-15)18-25-26-19(27(18)4)32-12-13-5-10-16(17(22)11-13)21(23,24)31(28,29)30/h5-11H,12H2,1-4H3,(H2,28,29,30). The van der Waals surface area contributed by atoms with Gasteiger partial charge in [-0.2, -0.15) is 8.78 Å². The fraction of sp³-hybridized carbons (Fsp3) is 0.333. The van der Waals surface area contributed by atoms with Crippen LogP contribution < -0.4 is 0 Å². The maximum atomic E-state index is 14.0. The fourth-order valence-corrected chi connectivity index (χ4v) is 5.20. The van der Waals surface area contributed by atoms with Crippen LogP contribution >= 0.6 is 35.3 Å². The summed E-state index contributed by atoms with van der Waals surface area (Å²) in [6, 6.07) is 12.0. The molecule has 0 amide bonds. The van der Waals surface area contributed by atoms with Gasteiger partial charge in [-0.15, -0.1) is 10.2 Å². The predicted octanol–water partition coefficient (Wildman–Crippen LogP) is 6.06. The second-order valence-corrected chi connectivity index (χ2v) is 11.8. The lowest BCUT2D eigenvalue weighted by atomic mass is 9.87. The fourth-order valence-electron chi connectivity index (χ4n) is 3.01. The lowest BCUT2D eigenvalue weighted by molar-refractivity contribution is 0.0557. The lowest BCUT2D eigenvalue weighted by Gasteiger charge is -2.19. The van der Waals surface area contributed by atoms with Gasteiger partial charge in [0.1, 0.15) is 0 Å². The maximum absolute atomic E-state index is 14.0. The highest BCUT2D eigenvalue weighted by Gasteiger charge is 2.51. The van der Waals surface area contributed by atoms with Gasteiger partial charge in [-0.1, -0.05) is 84.9 Å². The van der Waals surface area contributed by atoms with Crippen LogP contribution in [0.4, 0.5) is 8.78 Å². The summed E-state index contributed by atoms with van der Waals surface area (Å²) in [5.74, 6) is 1.13. The van der Waals surface area contributed by atoms with Gasteiger partial charge in [0.05, 0.1) is 0 Å². The molecule has 2 aromatic carbocycles. The van der Waals surface area contributed by atoms with Crippen LogP contribution in [0.15, 0.2) is 52.1 Å². The molecule has 1 aromatic heterocycles. The molecule has 0 spiro atoms. The van der Waals surface area contributed by atoms with Gasteiger partial charge in [-0.3, -0.25) is 4.57 Å². The first-order chi connectivity index (χ1) is 14.7. The largest absolute Gasteiger partial charge is 0.399 e. The van der Waals surface area contributed by atoms with Gasteiger partial charge >= 0.3 is 13.3 Å². The van der Waals surface area contributed by atoms with E-state index in [1.54, 1.807) is 0 Å². The average Bonchev–Trinajstić information content (AvgIpc) is 3.05. The highest BCUT2D eigenvalue weighted by atomic mass is 79.9. The molecule has 172 valence electrons. The zero-order valence-electron chi connectivity index (χ0n) is 17.9. The van der Waals surface area contributed by atoms with Crippen molar-refractivity contribution < 1.29 is 23.1 Å². The van der Waals surface area contributed by atoms with Crippen molar-refractivity contribution in [2.75, 3.05) is 0 Å². The molecule has 0 bridgehead atoms. The number of hydrogen-bond donors (Lipinski definition) is 2. The summed E-state index contributed by atoms with van der Waals surface area (Å²) in [5, 5.41) is 9.16. The van der Waals surface area contributed by atoms with Crippen LogP contribution in [-0.4, -0.2) is 24.6 Å². The SMILES string of the molecule is Cn1c(SCc2ccc(C(F)(F)P(=O)(O)O)c(Br)c2)nnc1-c1ccc(C(C)(C)C)cc1. The zero-order valence-corrected chi connectivity index (χ0v) is 21.2. The van der Waals surface area contributed by atoms with Gasteiger partial charge < -0.3 is 14.4 Å². The lowest BCUT2D eigenvalue weighted by Crippen LogP contribution is -2.14. The molecule has 3 aromatic rings. The summed E-state index contributed by atoms with van der Waals surface area (Å²) in [5.41, 5.74) is -2.12. The minimum absolute atomic E-state index is 0.0541. The second-order valence-electron chi connectivity index (χ2n) is 8.38. The third kappa shape index (κ3) is 5.15. The van der Waals surface area contributed by atoms with Gasteiger partial charge in [-0.25, -0.2) is 0 Å². The molecule has 0 aliphatic heterocycles. The molecular weight excluding hydrogens is 523 g/mol. The van der Waals surface area contributed by atoms with E-state index in [9.17, 15) is 13.3 Å². The van der Waals surface area contributed by atoms with Crippen LogP contribution in [0.3, 0.4) is 0 Å². The van der Waals surface area contributed by atoms with E-state index in [0.29, 0.717) is 22.3 Å². The quantitative estimate of drug-likeness (QED) is 0.289. The summed E-state index contributed by atoms with van der Waals surface area (Å²) >= 11 is 4.38. The Morgan fingerprint density at radius 1 is 1.09 bits per heavy atom. The van der Waals surface area contributed by atoms with Crippen LogP contribution in [0, 0.1) is 0 Å². The molecule has 0 atom stereocenters. The Hall–Kier alpha value is -1.58. The molecule has 0 aliphatic rings. The van der Waals surface area contributed by atoms with Crippen molar-refractivity contribution in [3.8, 4) is 11.4 Å². The minimum atomic E-state index is -5.63. The molecule has 0 radical (unpaired) electrons. The van der Waals surface area contributed by atoms with Crippen LogP contribution in [0.1, 0.15) is 37.5 Å². The van der Waals surface area contributed by atoms with Gasteiger partial charge in [0.25, 0.3) is 0 Å². The van der Waals surface area contributed by atoms with Crippen molar-refractivity contribution in [2.45, 2.75) is 42.8 Å². The first-order valence-electron chi connectivity index (χ1n) is 9.57. The first-order valence-corrected chi connectivity index (χ1v) is 13.0. The normalized spacial score (nSPS) is 12.9. The zero-order chi connectivity index (χ0) is 23.9. The molecule has 32 heavy (non-hydrogen) atoms. The Morgan fingerprint density at radius 2 is 1.72 bits per heavy atom. The molecule has 0 saturated carbocycles. The highest BCUT2D eigenvalue weighted by molar-refractivity contribution is 9.10. The van der Waals surface area contributed by atoms with Crippen molar-refractivity contribution in [1.29, 1.82) is 0 Å². The number of aromatic nitrogens is 3. The Balaban J connectivity index is 1.76. The Morgan fingerprint density at radius 3 is 2.25 bits per heavy atom. The van der Waals surface area contributed by atoms with E-state index in [1.165, 1.54) is 29.5 Å². The number of halogens is 3. The molecule has 6 nitrogen and oxygen atoms in total. The molecule has 11 heteroatoms. The van der Waals surface area contributed by atoms with Crippen molar-refractivity contribution in [2.24, 2.45) is 7.05 Å². The van der Waals surface area contributed by atoms with Gasteiger partial charge in [0.15, 0.2) is 11.0 Å². The molecule has 0 unspecified atom stereocenters. The van der Waals surface area contributed by atoms with E-state index >= 15 is 0 Å². The van der Waals surface area contributed by atoms with Crippen LogP contribution in [0.2, 0.25) is 0 Å². The first kappa shape index (κ1) is 25.1. The summed E-state index contributed by atoms with van der Waals surface area (Å²) < 4.78 is 40.9. The minimum Gasteiger partial charge on any atom is -0.320 e. The summed E-state index contributed by atoms with van der Waals surface area (Å²) in [6.07, 6.45) is 0. The molecule has 0 aliphatic carbocycles. The number of hydrogen-bond acceptors (Lipinski definition) is 4. The smallest absolute Gasteiger partial charge is 0.320 e. The molecule has 3 rings (SSSR count). The molecule has 1 heterocycles. The average molecular weight is 546 g/mol. The highest BCUT2D eigenvalue weighted by Crippen LogP contribution is 2.60. The predicted molar refractivity (Wildman–Crippen MR) is 125 cm³/mol. The topological polar surface area (TPSA) is 88.2 Å². The van der Waals surface area contributed by atoms with E-state index < -0.39 is 18.8 Å². The van der Waals surface area contributed by atoms with E-state index in [-0.39, 0.29) is 9.89 Å². The number of thioether (sulfide) groups is 1. The van der Waals surface area contributed by atoms with Crippen molar-refractivity contribution >= 4 is 35.3 Å². The van der Waals surface area contributed by atoms with Crippen molar-refractivity contribution in [3.63, 3.8) is 0 Å². The monoisotopic (exact) mass is 545 g/mol. The maximum Gasteiger partial charge on any atom is 0.399 e. The summed E-state index contributed by atoms with van der Waals surface area (Å²) in [4.78, 5) is 17.9. The van der Waals surface area contributed by atoms with Crippen molar-refractivity contribution in [1.82, 2.24) is 14.8 Å². The number of benzene rings is 2. The molecule has 0 saturated heterocycles.